The Morgan fingerprint density at radius 1 is 1.42 bits per heavy atom. The molecule has 2 nitrogen and oxygen atoms in total. The average Bonchev–Trinajstić information content (AvgIpc) is 2.17. The first-order valence-electron chi connectivity index (χ1n) is 3.66. The van der Waals surface area contributed by atoms with E-state index in [1.54, 1.807) is 7.05 Å². The van der Waals surface area contributed by atoms with Crippen LogP contribution in [0.5, 0.6) is 0 Å². The highest BCUT2D eigenvalue weighted by atomic mass is 79.9. The Labute approximate surface area is 80.1 Å². The molecular formula is C9H10BrNO. The van der Waals surface area contributed by atoms with Gasteiger partial charge in [0.25, 0.3) is 0 Å². The number of amides is 1. The highest BCUT2D eigenvalue weighted by Crippen LogP contribution is 2.21. The molecule has 0 saturated carbocycles. The highest BCUT2D eigenvalue weighted by molar-refractivity contribution is 9.09. The Kier molecular flexibility index (Phi) is 3.29. The number of alkyl halides is 1. The molecule has 0 unspecified atom stereocenters. The van der Waals surface area contributed by atoms with Crippen LogP contribution in [-0.2, 0) is 4.79 Å². The van der Waals surface area contributed by atoms with Crippen molar-refractivity contribution in [2.45, 2.75) is 4.83 Å². The number of nitrogens with one attached hydrogen (secondary N) is 1. The third-order valence-electron chi connectivity index (χ3n) is 1.57. The summed E-state index contributed by atoms with van der Waals surface area (Å²) < 4.78 is 0. The molecule has 12 heavy (non-hydrogen) atoms. The molecule has 1 aromatic carbocycles. The second-order valence-corrected chi connectivity index (χ2v) is 3.30. The third kappa shape index (κ3) is 2.08. The molecule has 0 spiro atoms. The summed E-state index contributed by atoms with van der Waals surface area (Å²) in [5, 5.41) is 2.58. The second-order valence-electron chi connectivity index (χ2n) is 2.39. The van der Waals surface area contributed by atoms with Crippen LogP contribution < -0.4 is 5.32 Å². The summed E-state index contributed by atoms with van der Waals surface area (Å²) in [5.74, 6) is -0.0267. The van der Waals surface area contributed by atoms with Crippen LogP contribution in [-0.4, -0.2) is 13.0 Å². The first-order valence-corrected chi connectivity index (χ1v) is 4.58. The van der Waals surface area contributed by atoms with Crippen molar-refractivity contribution >= 4 is 21.8 Å². The normalized spacial score (nSPS) is 12.2. The van der Waals surface area contributed by atoms with Crippen molar-refractivity contribution in [3.8, 4) is 0 Å². The standard InChI is InChI=1S/C9H10BrNO/c1-11-9(12)8(10)7-5-3-2-4-6-7/h2-6,8H,1H3,(H,11,12)/t8-/m0/s1. The van der Waals surface area contributed by atoms with Gasteiger partial charge in [0.2, 0.25) is 5.91 Å². The van der Waals surface area contributed by atoms with Gasteiger partial charge in [-0.3, -0.25) is 4.79 Å². The lowest BCUT2D eigenvalue weighted by molar-refractivity contribution is -0.120. The molecule has 0 saturated heterocycles. The molecule has 1 N–H and O–H groups in total. The number of rotatable bonds is 2. The molecule has 0 aliphatic carbocycles. The van der Waals surface area contributed by atoms with Crippen molar-refractivity contribution < 1.29 is 4.79 Å². The number of halogens is 1. The lowest BCUT2D eigenvalue weighted by Gasteiger charge is -2.07. The molecule has 0 fully saturated rings. The van der Waals surface area contributed by atoms with Crippen molar-refractivity contribution in [1.82, 2.24) is 5.32 Å². The molecule has 0 heterocycles. The molecule has 0 bridgehead atoms. The minimum absolute atomic E-state index is 0.0267. The van der Waals surface area contributed by atoms with Crippen molar-refractivity contribution in [3.05, 3.63) is 35.9 Å². The summed E-state index contributed by atoms with van der Waals surface area (Å²) in [6.45, 7) is 0. The van der Waals surface area contributed by atoms with Gasteiger partial charge in [-0.05, 0) is 5.56 Å². The zero-order chi connectivity index (χ0) is 8.97. The van der Waals surface area contributed by atoms with Gasteiger partial charge < -0.3 is 5.32 Å². The first-order chi connectivity index (χ1) is 5.75. The zero-order valence-corrected chi connectivity index (χ0v) is 8.34. The topological polar surface area (TPSA) is 29.1 Å². The number of benzene rings is 1. The monoisotopic (exact) mass is 227 g/mol. The van der Waals surface area contributed by atoms with Gasteiger partial charge in [-0.2, -0.15) is 0 Å². The van der Waals surface area contributed by atoms with Crippen LogP contribution in [0.1, 0.15) is 10.4 Å². The van der Waals surface area contributed by atoms with Crippen LogP contribution in [0.2, 0.25) is 0 Å². The Hall–Kier alpha value is -0.830. The SMILES string of the molecule is CNC(=O)[C@@H](Br)c1ccccc1. The average molecular weight is 228 g/mol. The van der Waals surface area contributed by atoms with Gasteiger partial charge in [-0.15, -0.1) is 0 Å². The van der Waals surface area contributed by atoms with Gasteiger partial charge in [-0.25, -0.2) is 0 Å². The van der Waals surface area contributed by atoms with E-state index in [1.807, 2.05) is 30.3 Å². The molecule has 1 rings (SSSR count). The Balaban J connectivity index is 2.78. The van der Waals surface area contributed by atoms with Gasteiger partial charge in [0, 0.05) is 7.05 Å². The van der Waals surface area contributed by atoms with Gasteiger partial charge in [0.15, 0.2) is 0 Å². The van der Waals surface area contributed by atoms with Gasteiger partial charge in [-0.1, -0.05) is 46.3 Å². The number of carbonyl (C=O) groups excluding carboxylic acids is 1. The number of hydrogen-bond donors (Lipinski definition) is 1. The minimum Gasteiger partial charge on any atom is -0.358 e. The number of likely N-dealkylation sites (N-methyl/N-ethyl adjacent to an activating group) is 1. The predicted molar refractivity (Wildman–Crippen MR) is 52.2 cm³/mol. The van der Waals surface area contributed by atoms with Crippen molar-refractivity contribution in [3.63, 3.8) is 0 Å². The number of hydrogen-bond acceptors (Lipinski definition) is 1. The van der Waals surface area contributed by atoms with E-state index in [2.05, 4.69) is 21.2 Å². The highest BCUT2D eigenvalue weighted by Gasteiger charge is 2.13. The van der Waals surface area contributed by atoms with Crippen LogP contribution in [0, 0.1) is 0 Å². The van der Waals surface area contributed by atoms with Crippen LogP contribution in [0.15, 0.2) is 30.3 Å². The fourth-order valence-electron chi connectivity index (χ4n) is 0.900. The molecule has 1 amide bonds. The molecule has 0 aliphatic rings. The fraction of sp³-hybridized carbons (Fsp3) is 0.222. The van der Waals surface area contributed by atoms with E-state index in [0.717, 1.165) is 5.56 Å². The molecule has 0 radical (unpaired) electrons. The predicted octanol–water partition coefficient (Wildman–Crippen LogP) is 1.87. The van der Waals surface area contributed by atoms with E-state index in [4.69, 9.17) is 0 Å². The fourth-order valence-corrected chi connectivity index (χ4v) is 1.43. The molecule has 0 aromatic heterocycles. The maximum absolute atomic E-state index is 11.2. The largest absolute Gasteiger partial charge is 0.358 e. The van der Waals surface area contributed by atoms with Crippen LogP contribution in [0.3, 0.4) is 0 Å². The Morgan fingerprint density at radius 3 is 2.50 bits per heavy atom. The minimum atomic E-state index is -0.247. The maximum Gasteiger partial charge on any atom is 0.238 e. The van der Waals surface area contributed by atoms with Crippen LogP contribution in [0.25, 0.3) is 0 Å². The van der Waals surface area contributed by atoms with E-state index in [0.29, 0.717) is 0 Å². The van der Waals surface area contributed by atoms with Gasteiger partial charge in [0.05, 0.1) is 0 Å². The summed E-state index contributed by atoms with van der Waals surface area (Å²) in [6, 6.07) is 9.56. The number of carbonyl (C=O) groups is 1. The van der Waals surface area contributed by atoms with E-state index in [-0.39, 0.29) is 10.7 Å². The Bertz CT molecular complexity index is 260. The summed E-state index contributed by atoms with van der Waals surface area (Å²) in [7, 11) is 1.62. The molecule has 3 heteroatoms. The van der Waals surface area contributed by atoms with E-state index in [1.165, 1.54) is 0 Å². The van der Waals surface area contributed by atoms with Crippen molar-refractivity contribution in [2.75, 3.05) is 7.05 Å². The van der Waals surface area contributed by atoms with E-state index in [9.17, 15) is 4.79 Å². The Morgan fingerprint density at radius 2 is 2.00 bits per heavy atom. The van der Waals surface area contributed by atoms with E-state index < -0.39 is 0 Å². The summed E-state index contributed by atoms with van der Waals surface area (Å²) in [6.07, 6.45) is 0. The van der Waals surface area contributed by atoms with E-state index >= 15 is 0 Å². The lowest BCUT2D eigenvalue weighted by Crippen LogP contribution is -2.22. The molecule has 0 aliphatic heterocycles. The van der Waals surface area contributed by atoms with Crippen LogP contribution >= 0.6 is 15.9 Å². The summed E-state index contributed by atoms with van der Waals surface area (Å²) in [4.78, 5) is 10.9. The lowest BCUT2D eigenvalue weighted by atomic mass is 10.1. The zero-order valence-electron chi connectivity index (χ0n) is 6.75. The molecular weight excluding hydrogens is 218 g/mol. The van der Waals surface area contributed by atoms with Gasteiger partial charge in [0.1, 0.15) is 4.83 Å². The second kappa shape index (κ2) is 4.26. The summed E-state index contributed by atoms with van der Waals surface area (Å²) in [5.41, 5.74) is 0.969. The van der Waals surface area contributed by atoms with Crippen LogP contribution in [0.4, 0.5) is 0 Å². The summed E-state index contributed by atoms with van der Waals surface area (Å²) >= 11 is 3.30. The smallest absolute Gasteiger partial charge is 0.238 e. The third-order valence-corrected chi connectivity index (χ3v) is 2.51. The van der Waals surface area contributed by atoms with Crippen molar-refractivity contribution in [1.29, 1.82) is 0 Å². The molecule has 1 aromatic rings. The maximum atomic E-state index is 11.2. The van der Waals surface area contributed by atoms with Crippen molar-refractivity contribution in [2.24, 2.45) is 0 Å². The molecule has 64 valence electrons. The quantitative estimate of drug-likeness (QED) is 0.769. The molecule has 1 atom stereocenters. The van der Waals surface area contributed by atoms with Gasteiger partial charge >= 0.3 is 0 Å². The first kappa shape index (κ1) is 9.26.